The zero-order chi connectivity index (χ0) is 8.43. The molecule has 2 nitrogen and oxygen atoms in total. The van der Waals surface area contributed by atoms with Crippen molar-refractivity contribution in [2.75, 3.05) is 0 Å². The van der Waals surface area contributed by atoms with Crippen LogP contribution in [-0.4, -0.2) is 9.97 Å². The Kier molecular flexibility index (Phi) is 3.06. The first kappa shape index (κ1) is 9.19. The maximum atomic E-state index is 5.84. The van der Waals surface area contributed by atoms with Crippen molar-refractivity contribution in [3.63, 3.8) is 0 Å². The van der Waals surface area contributed by atoms with Crippen molar-refractivity contribution in [2.45, 2.75) is 20.3 Å². The standard InChI is InChI=1S/C7H8ClIN2/c1-3-5-6(9)7(8)11-4(2)10-5/h3H2,1-2H3. The highest BCUT2D eigenvalue weighted by Gasteiger charge is 2.05. The lowest BCUT2D eigenvalue weighted by molar-refractivity contribution is 0.936. The minimum Gasteiger partial charge on any atom is -0.237 e. The Balaban J connectivity index is 3.24. The van der Waals surface area contributed by atoms with Gasteiger partial charge < -0.3 is 0 Å². The van der Waals surface area contributed by atoms with E-state index in [-0.39, 0.29) is 0 Å². The van der Waals surface area contributed by atoms with Crippen LogP contribution in [0, 0.1) is 10.5 Å². The lowest BCUT2D eigenvalue weighted by Crippen LogP contribution is -1.98. The Morgan fingerprint density at radius 3 is 2.64 bits per heavy atom. The molecule has 0 amide bonds. The van der Waals surface area contributed by atoms with Gasteiger partial charge in [0.2, 0.25) is 0 Å². The molecule has 0 aliphatic carbocycles. The number of aryl methyl sites for hydroxylation is 2. The SMILES string of the molecule is CCc1nc(C)nc(Cl)c1I. The Labute approximate surface area is 84.5 Å². The molecule has 0 saturated carbocycles. The first-order valence-electron chi connectivity index (χ1n) is 3.33. The van der Waals surface area contributed by atoms with Crippen molar-refractivity contribution in [3.05, 3.63) is 20.2 Å². The molecule has 0 unspecified atom stereocenters. The van der Waals surface area contributed by atoms with Crippen LogP contribution >= 0.6 is 34.2 Å². The molecule has 4 heteroatoms. The minimum absolute atomic E-state index is 0.565. The highest BCUT2D eigenvalue weighted by atomic mass is 127. The Morgan fingerprint density at radius 1 is 1.45 bits per heavy atom. The molecule has 0 aromatic carbocycles. The van der Waals surface area contributed by atoms with E-state index in [2.05, 4.69) is 39.5 Å². The monoisotopic (exact) mass is 282 g/mol. The highest BCUT2D eigenvalue weighted by molar-refractivity contribution is 14.1. The van der Waals surface area contributed by atoms with Gasteiger partial charge in [0, 0.05) is 0 Å². The van der Waals surface area contributed by atoms with Crippen molar-refractivity contribution < 1.29 is 0 Å². The summed E-state index contributed by atoms with van der Waals surface area (Å²) in [6.45, 7) is 3.90. The summed E-state index contributed by atoms with van der Waals surface area (Å²) in [7, 11) is 0. The van der Waals surface area contributed by atoms with Gasteiger partial charge in [0.1, 0.15) is 11.0 Å². The van der Waals surface area contributed by atoms with E-state index >= 15 is 0 Å². The fraction of sp³-hybridized carbons (Fsp3) is 0.429. The third kappa shape index (κ3) is 2.02. The molecule has 0 atom stereocenters. The fourth-order valence-corrected chi connectivity index (χ4v) is 1.67. The molecule has 0 bridgehead atoms. The Morgan fingerprint density at radius 2 is 2.09 bits per heavy atom. The summed E-state index contributed by atoms with van der Waals surface area (Å²) >= 11 is 8.00. The molecule has 1 heterocycles. The molecule has 0 fully saturated rings. The topological polar surface area (TPSA) is 25.8 Å². The molecule has 0 radical (unpaired) electrons. The molecular formula is C7H8ClIN2. The quantitative estimate of drug-likeness (QED) is 0.584. The smallest absolute Gasteiger partial charge is 0.146 e. The van der Waals surface area contributed by atoms with Crippen molar-refractivity contribution in [1.82, 2.24) is 9.97 Å². The van der Waals surface area contributed by atoms with Crippen LogP contribution in [-0.2, 0) is 6.42 Å². The zero-order valence-corrected chi connectivity index (χ0v) is 9.27. The van der Waals surface area contributed by atoms with E-state index < -0.39 is 0 Å². The van der Waals surface area contributed by atoms with E-state index in [1.807, 2.05) is 6.92 Å². The molecule has 0 saturated heterocycles. The summed E-state index contributed by atoms with van der Waals surface area (Å²) in [4.78, 5) is 8.28. The zero-order valence-electron chi connectivity index (χ0n) is 6.36. The molecule has 11 heavy (non-hydrogen) atoms. The summed E-state index contributed by atoms with van der Waals surface area (Å²) in [5.74, 6) is 0.743. The van der Waals surface area contributed by atoms with Gasteiger partial charge >= 0.3 is 0 Å². The number of nitrogens with zero attached hydrogens (tertiary/aromatic N) is 2. The van der Waals surface area contributed by atoms with E-state index in [4.69, 9.17) is 11.6 Å². The first-order valence-corrected chi connectivity index (χ1v) is 4.79. The number of aromatic nitrogens is 2. The number of hydrogen-bond donors (Lipinski definition) is 0. The highest BCUT2D eigenvalue weighted by Crippen LogP contribution is 2.18. The van der Waals surface area contributed by atoms with Gasteiger partial charge in [-0.05, 0) is 35.9 Å². The predicted octanol–water partition coefficient (Wildman–Crippen LogP) is 2.61. The van der Waals surface area contributed by atoms with Crippen LogP contribution in [0.1, 0.15) is 18.4 Å². The normalized spacial score (nSPS) is 10.2. The van der Waals surface area contributed by atoms with E-state index in [9.17, 15) is 0 Å². The van der Waals surface area contributed by atoms with Crippen LogP contribution in [0.3, 0.4) is 0 Å². The van der Waals surface area contributed by atoms with Gasteiger partial charge in [-0.25, -0.2) is 9.97 Å². The van der Waals surface area contributed by atoms with Crippen LogP contribution < -0.4 is 0 Å². The van der Waals surface area contributed by atoms with Gasteiger partial charge in [0.25, 0.3) is 0 Å². The van der Waals surface area contributed by atoms with Crippen LogP contribution in [0.25, 0.3) is 0 Å². The van der Waals surface area contributed by atoms with Crippen LogP contribution in [0.4, 0.5) is 0 Å². The summed E-state index contributed by atoms with van der Waals surface area (Å²) < 4.78 is 0.970. The van der Waals surface area contributed by atoms with Gasteiger partial charge in [-0.1, -0.05) is 18.5 Å². The van der Waals surface area contributed by atoms with Gasteiger partial charge in [0.15, 0.2) is 0 Å². The minimum atomic E-state index is 0.565. The summed E-state index contributed by atoms with van der Waals surface area (Å²) in [5, 5.41) is 0.565. The second kappa shape index (κ2) is 3.67. The Hall–Kier alpha value is 0.100. The molecule has 60 valence electrons. The van der Waals surface area contributed by atoms with E-state index in [0.717, 1.165) is 21.5 Å². The van der Waals surface area contributed by atoms with Gasteiger partial charge in [-0.15, -0.1) is 0 Å². The molecule has 0 aliphatic heterocycles. The summed E-state index contributed by atoms with van der Waals surface area (Å²) in [6, 6.07) is 0. The fourth-order valence-electron chi connectivity index (χ4n) is 0.814. The number of hydrogen-bond acceptors (Lipinski definition) is 2. The van der Waals surface area contributed by atoms with Crippen molar-refractivity contribution in [1.29, 1.82) is 0 Å². The second-order valence-electron chi connectivity index (χ2n) is 2.18. The second-order valence-corrected chi connectivity index (χ2v) is 3.61. The molecule has 1 rings (SSSR count). The number of halogens is 2. The summed E-state index contributed by atoms with van der Waals surface area (Å²) in [6.07, 6.45) is 0.904. The third-order valence-electron chi connectivity index (χ3n) is 1.33. The number of rotatable bonds is 1. The van der Waals surface area contributed by atoms with Crippen LogP contribution in [0.15, 0.2) is 0 Å². The molecule has 1 aromatic rings. The van der Waals surface area contributed by atoms with Gasteiger partial charge in [0.05, 0.1) is 9.26 Å². The molecule has 0 N–H and O–H groups in total. The van der Waals surface area contributed by atoms with Gasteiger partial charge in [-0.2, -0.15) is 0 Å². The van der Waals surface area contributed by atoms with E-state index in [1.54, 1.807) is 0 Å². The van der Waals surface area contributed by atoms with Crippen molar-refractivity contribution in [2.24, 2.45) is 0 Å². The largest absolute Gasteiger partial charge is 0.237 e. The lowest BCUT2D eigenvalue weighted by Gasteiger charge is -2.02. The lowest BCUT2D eigenvalue weighted by atomic mass is 10.3. The molecular weight excluding hydrogens is 274 g/mol. The average Bonchev–Trinajstić information content (AvgIpc) is 1.96. The molecule has 0 spiro atoms. The molecule has 1 aromatic heterocycles. The van der Waals surface area contributed by atoms with Crippen LogP contribution in [0.5, 0.6) is 0 Å². The maximum Gasteiger partial charge on any atom is 0.146 e. The van der Waals surface area contributed by atoms with Crippen molar-refractivity contribution >= 4 is 34.2 Å². The summed E-state index contributed by atoms with van der Waals surface area (Å²) in [5.41, 5.74) is 1.03. The van der Waals surface area contributed by atoms with E-state index in [1.165, 1.54) is 0 Å². The average molecular weight is 283 g/mol. The predicted molar refractivity (Wildman–Crippen MR) is 53.9 cm³/mol. The first-order chi connectivity index (χ1) is 5.15. The Bertz CT molecular complexity index is 275. The maximum absolute atomic E-state index is 5.84. The molecule has 0 aliphatic rings. The third-order valence-corrected chi connectivity index (χ3v) is 3.05. The van der Waals surface area contributed by atoms with Gasteiger partial charge in [-0.3, -0.25) is 0 Å². The van der Waals surface area contributed by atoms with E-state index in [0.29, 0.717) is 5.15 Å². The van der Waals surface area contributed by atoms with Crippen LogP contribution in [0.2, 0.25) is 5.15 Å². The van der Waals surface area contributed by atoms with Crippen molar-refractivity contribution in [3.8, 4) is 0 Å².